The van der Waals surface area contributed by atoms with Crippen molar-refractivity contribution in [1.82, 2.24) is 4.90 Å². The van der Waals surface area contributed by atoms with Crippen molar-refractivity contribution in [1.29, 1.82) is 0 Å². The summed E-state index contributed by atoms with van der Waals surface area (Å²) in [5.74, 6) is 4.40. The molecule has 1 saturated heterocycles. The molecule has 0 atom stereocenters. The van der Waals surface area contributed by atoms with Crippen molar-refractivity contribution in [3.05, 3.63) is 32.6 Å². The fourth-order valence-electron chi connectivity index (χ4n) is 1.79. The lowest BCUT2D eigenvalue weighted by Crippen LogP contribution is -2.28. The maximum absolute atomic E-state index is 12.1. The van der Waals surface area contributed by atoms with Crippen molar-refractivity contribution in [3.63, 3.8) is 0 Å². The number of terminal acetylenes is 2. The van der Waals surface area contributed by atoms with E-state index in [1.165, 1.54) is 6.08 Å². The highest BCUT2D eigenvalue weighted by atomic mass is 35.5. The summed E-state index contributed by atoms with van der Waals surface area (Å²) in [4.78, 5) is 25.1. The van der Waals surface area contributed by atoms with E-state index in [4.69, 9.17) is 40.8 Å². The molecule has 0 saturated carbocycles. The molecule has 7 heteroatoms. The Kier molecular flexibility index (Phi) is 5.63. The van der Waals surface area contributed by atoms with Crippen molar-refractivity contribution in [2.75, 3.05) is 13.2 Å². The molecule has 2 amide bonds. The molecular weight excluding hydrogens is 357 g/mol. The Balaban J connectivity index is 2.31. The second-order valence-electron chi connectivity index (χ2n) is 4.28. The highest BCUT2D eigenvalue weighted by Gasteiger charge is 2.34. The van der Waals surface area contributed by atoms with Crippen LogP contribution in [-0.4, -0.2) is 29.2 Å². The maximum Gasteiger partial charge on any atom is 0.294 e. The average molecular weight is 366 g/mol. The van der Waals surface area contributed by atoms with Gasteiger partial charge < -0.3 is 4.74 Å². The van der Waals surface area contributed by atoms with Gasteiger partial charge in [0.05, 0.1) is 21.5 Å². The van der Waals surface area contributed by atoms with E-state index in [0.717, 1.165) is 16.7 Å². The highest BCUT2D eigenvalue weighted by molar-refractivity contribution is 8.18. The van der Waals surface area contributed by atoms with Gasteiger partial charge in [0.2, 0.25) is 0 Å². The van der Waals surface area contributed by atoms with Gasteiger partial charge in [-0.05, 0) is 35.5 Å². The SMILES string of the molecule is C#CCOc1c(Cl)cc(/C=C2\SC(=O)N(CC#C)C2=O)cc1Cl. The van der Waals surface area contributed by atoms with Gasteiger partial charge in [0, 0.05) is 0 Å². The van der Waals surface area contributed by atoms with Crippen LogP contribution in [0.25, 0.3) is 6.08 Å². The molecule has 1 heterocycles. The lowest BCUT2D eigenvalue weighted by molar-refractivity contribution is -0.122. The molecular formula is C16H9Cl2NO3S. The standard InChI is InChI=1S/C16H9Cl2NO3S/c1-3-5-19-15(20)13(23-16(19)21)9-10-7-11(17)14(12(18)8-10)22-6-4-2/h1-2,7-9H,5-6H2/b13-9-. The van der Waals surface area contributed by atoms with Gasteiger partial charge in [0.25, 0.3) is 11.1 Å². The predicted octanol–water partition coefficient (Wildman–Crippen LogP) is 3.67. The molecule has 4 nitrogen and oxygen atoms in total. The molecule has 116 valence electrons. The number of amides is 2. The second-order valence-corrected chi connectivity index (χ2v) is 6.09. The Morgan fingerprint density at radius 1 is 1.22 bits per heavy atom. The van der Waals surface area contributed by atoms with Gasteiger partial charge in [-0.15, -0.1) is 12.8 Å². The van der Waals surface area contributed by atoms with E-state index in [9.17, 15) is 9.59 Å². The van der Waals surface area contributed by atoms with Crippen molar-refractivity contribution >= 4 is 52.2 Å². The Hall–Kier alpha value is -2.05. The lowest BCUT2D eigenvalue weighted by Gasteiger charge is -2.09. The summed E-state index contributed by atoms with van der Waals surface area (Å²) < 4.78 is 5.25. The van der Waals surface area contributed by atoms with Gasteiger partial charge in [-0.3, -0.25) is 14.5 Å². The summed E-state index contributed by atoms with van der Waals surface area (Å²) in [5.41, 5.74) is 0.555. The average Bonchev–Trinajstić information content (AvgIpc) is 2.74. The van der Waals surface area contributed by atoms with Crippen LogP contribution < -0.4 is 4.74 Å². The first-order valence-corrected chi connectivity index (χ1v) is 7.79. The van der Waals surface area contributed by atoms with Crippen LogP contribution in [0.2, 0.25) is 10.0 Å². The number of carbonyl (C=O) groups is 2. The Bertz CT molecular complexity index is 766. The monoisotopic (exact) mass is 365 g/mol. The zero-order valence-electron chi connectivity index (χ0n) is 11.6. The number of nitrogens with zero attached hydrogens (tertiary/aromatic N) is 1. The number of rotatable bonds is 4. The van der Waals surface area contributed by atoms with Gasteiger partial charge >= 0.3 is 0 Å². The first-order valence-electron chi connectivity index (χ1n) is 6.22. The lowest BCUT2D eigenvalue weighted by atomic mass is 10.2. The zero-order valence-corrected chi connectivity index (χ0v) is 14.0. The third-order valence-electron chi connectivity index (χ3n) is 2.74. The third kappa shape index (κ3) is 3.83. The maximum atomic E-state index is 12.1. The van der Waals surface area contributed by atoms with E-state index in [0.29, 0.717) is 5.56 Å². The molecule has 1 fully saturated rings. The summed E-state index contributed by atoms with van der Waals surface area (Å²) in [6.07, 6.45) is 11.8. The van der Waals surface area contributed by atoms with Crippen LogP contribution in [0.1, 0.15) is 5.56 Å². The molecule has 0 aromatic heterocycles. The number of hydrogen-bond acceptors (Lipinski definition) is 4. The van der Waals surface area contributed by atoms with Crippen LogP contribution in [0.3, 0.4) is 0 Å². The first kappa shape index (κ1) is 17.3. The molecule has 1 aliphatic rings. The molecule has 0 radical (unpaired) electrons. The predicted molar refractivity (Wildman–Crippen MR) is 92.3 cm³/mol. The van der Waals surface area contributed by atoms with E-state index in [1.54, 1.807) is 12.1 Å². The minimum atomic E-state index is -0.446. The number of imide groups is 1. The Labute approximate surface area is 147 Å². The number of thioether (sulfide) groups is 1. The number of hydrogen-bond donors (Lipinski definition) is 0. The Morgan fingerprint density at radius 3 is 2.43 bits per heavy atom. The molecule has 0 unspecified atom stereocenters. The summed E-state index contributed by atoms with van der Waals surface area (Å²) in [5, 5.41) is 0.0917. The summed E-state index contributed by atoms with van der Waals surface area (Å²) >= 11 is 13.0. The van der Waals surface area contributed by atoms with E-state index in [1.807, 2.05) is 0 Å². The topological polar surface area (TPSA) is 46.6 Å². The van der Waals surface area contributed by atoms with Crippen LogP contribution >= 0.6 is 35.0 Å². The van der Waals surface area contributed by atoms with Crippen LogP contribution in [0.5, 0.6) is 5.75 Å². The minimum absolute atomic E-state index is 0.0315. The minimum Gasteiger partial charge on any atom is -0.478 e. The first-order chi connectivity index (χ1) is 11.0. The molecule has 2 rings (SSSR count). The van der Waals surface area contributed by atoms with Crippen LogP contribution in [0.4, 0.5) is 4.79 Å². The number of ether oxygens (including phenoxy) is 1. The largest absolute Gasteiger partial charge is 0.478 e. The van der Waals surface area contributed by atoms with Crippen molar-refractivity contribution in [2.45, 2.75) is 0 Å². The summed E-state index contributed by atoms with van der Waals surface area (Å²) in [6, 6.07) is 3.13. The van der Waals surface area contributed by atoms with Crippen LogP contribution in [0.15, 0.2) is 17.0 Å². The smallest absolute Gasteiger partial charge is 0.294 e. The fraction of sp³-hybridized carbons (Fsp3) is 0.125. The zero-order chi connectivity index (χ0) is 17.0. The van der Waals surface area contributed by atoms with E-state index in [-0.39, 0.29) is 33.9 Å². The van der Waals surface area contributed by atoms with E-state index >= 15 is 0 Å². The van der Waals surface area contributed by atoms with Gasteiger partial charge in [-0.1, -0.05) is 35.0 Å². The molecule has 0 N–H and O–H groups in total. The molecule has 23 heavy (non-hydrogen) atoms. The molecule has 0 aliphatic carbocycles. The van der Waals surface area contributed by atoms with Gasteiger partial charge in [0.1, 0.15) is 6.61 Å². The van der Waals surface area contributed by atoms with Gasteiger partial charge in [-0.25, -0.2) is 0 Å². The molecule has 0 spiro atoms. The summed E-state index contributed by atoms with van der Waals surface area (Å²) in [7, 11) is 0. The van der Waals surface area contributed by atoms with Gasteiger partial charge in [-0.2, -0.15) is 0 Å². The second kappa shape index (κ2) is 7.48. The fourth-order valence-corrected chi connectivity index (χ4v) is 3.24. The van der Waals surface area contributed by atoms with Gasteiger partial charge in [0.15, 0.2) is 5.75 Å². The normalized spacial score (nSPS) is 15.7. The highest BCUT2D eigenvalue weighted by Crippen LogP contribution is 2.37. The van der Waals surface area contributed by atoms with Crippen LogP contribution in [0, 0.1) is 24.7 Å². The number of carbonyl (C=O) groups excluding carboxylic acids is 2. The molecule has 1 aromatic carbocycles. The number of halogens is 2. The molecule has 1 aromatic rings. The number of benzene rings is 1. The quantitative estimate of drug-likeness (QED) is 0.603. The molecule has 1 aliphatic heterocycles. The van der Waals surface area contributed by atoms with Crippen LogP contribution in [-0.2, 0) is 4.79 Å². The van der Waals surface area contributed by atoms with Crippen molar-refractivity contribution in [2.24, 2.45) is 0 Å². The van der Waals surface area contributed by atoms with E-state index in [2.05, 4.69) is 11.8 Å². The molecule has 0 bridgehead atoms. The third-order valence-corrected chi connectivity index (χ3v) is 4.21. The van der Waals surface area contributed by atoms with E-state index < -0.39 is 11.1 Å². The summed E-state index contributed by atoms with van der Waals surface area (Å²) in [6.45, 7) is -0.0356. The van der Waals surface area contributed by atoms with Crippen molar-refractivity contribution in [3.8, 4) is 30.4 Å². The Morgan fingerprint density at radius 2 is 1.87 bits per heavy atom. The van der Waals surface area contributed by atoms with Crippen molar-refractivity contribution < 1.29 is 14.3 Å².